The van der Waals surface area contributed by atoms with Crippen LogP contribution in [0.25, 0.3) is 0 Å². The largest absolute Gasteiger partial charge is 0.497 e. The number of carbonyl (C=O) groups excluding carboxylic acids is 1. The third kappa shape index (κ3) is 4.22. The summed E-state index contributed by atoms with van der Waals surface area (Å²) >= 11 is 0. The lowest BCUT2D eigenvalue weighted by Gasteiger charge is -2.22. The van der Waals surface area contributed by atoms with Crippen molar-refractivity contribution in [2.45, 2.75) is 25.8 Å². The van der Waals surface area contributed by atoms with Gasteiger partial charge in [-0.25, -0.2) is 4.79 Å². The highest BCUT2D eigenvalue weighted by Crippen LogP contribution is 2.42. The van der Waals surface area contributed by atoms with Crippen LogP contribution in [-0.2, 0) is 12.0 Å². The van der Waals surface area contributed by atoms with Crippen LogP contribution in [0.1, 0.15) is 25.0 Å². The average molecular weight is 403 g/mol. The van der Waals surface area contributed by atoms with Gasteiger partial charge in [-0.1, -0.05) is 19.9 Å². The highest BCUT2D eigenvalue weighted by molar-refractivity contribution is 5.86. The van der Waals surface area contributed by atoms with Crippen molar-refractivity contribution in [2.75, 3.05) is 23.9 Å². The van der Waals surface area contributed by atoms with Gasteiger partial charge in [0.15, 0.2) is 0 Å². The Kier molecular flexibility index (Phi) is 5.31. The smallest absolute Gasteiger partial charge is 0.417 e. The summed E-state index contributed by atoms with van der Waals surface area (Å²) in [5.74, 6) is 1.25. The molecule has 0 bridgehead atoms. The average Bonchev–Trinajstić information content (AvgIpc) is 2.98. The molecule has 6 heteroatoms. The number of hydrogen-bond acceptors (Lipinski definition) is 5. The van der Waals surface area contributed by atoms with Crippen LogP contribution in [0.5, 0.6) is 11.5 Å². The molecule has 6 nitrogen and oxygen atoms in total. The first-order valence-electron chi connectivity index (χ1n) is 9.86. The standard InChI is InChI=1S/C24H25N3O3/c1-24(2)16-27(15-17-5-4-12-25-14-17)22-11-10-20(13-21(22)24)30-23(28)26-18-6-8-19(29-3)9-7-18/h4-14H,15-16H2,1-3H3,(H,26,28). The van der Waals surface area contributed by atoms with Gasteiger partial charge in [0, 0.05) is 42.3 Å². The molecule has 1 amide bonds. The lowest BCUT2D eigenvalue weighted by molar-refractivity contribution is 0.215. The van der Waals surface area contributed by atoms with E-state index in [1.54, 1.807) is 37.6 Å². The zero-order valence-electron chi connectivity index (χ0n) is 17.4. The molecule has 2 heterocycles. The number of nitrogens with one attached hydrogen (secondary N) is 1. The molecular weight excluding hydrogens is 378 g/mol. The van der Waals surface area contributed by atoms with E-state index in [0.29, 0.717) is 11.4 Å². The topological polar surface area (TPSA) is 63.7 Å². The minimum atomic E-state index is -0.525. The Morgan fingerprint density at radius 1 is 1.13 bits per heavy atom. The van der Waals surface area contributed by atoms with Gasteiger partial charge in [-0.2, -0.15) is 0 Å². The fraction of sp³-hybridized carbons (Fsp3) is 0.250. The molecule has 3 aromatic rings. The third-order valence-electron chi connectivity index (χ3n) is 5.27. The van der Waals surface area contributed by atoms with E-state index >= 15 is 0 Å². The molecule has 0 atom stereocenters. The monoisotopic (exact) mass is 403 g/mol. The molecule has 30 heavy (non-hydrogen) atoms. The number of ether oxygens (including phenoxy) is 2. The van der Waals surface area contributed by atoms with Crippen molar-refractivity contribution in [2.24, 2.45) is 0 Å². The third-order valence-corrected chi connectivity index (χ3v) is 5.27. The molecule has 0 unspecified atom stereocenters. The minimum absolute atomic E-state index is 0.0522. The van der Waals surface area contributed by atoms with Gasteiger partial charge in [-0.15, -0.1) is 0 Å². The molecule has 0 radical (unpaired) electrons. The van der Waals surface area contributed by atoms with Gasteiger partial charge < -0.3 is 14.4 Å². The highest BCUT2D eigenvalue weighted by Gasteiger charge is 2.35. The second-order valence-electron chi connectivity index (χ2n) is 8.02. The molecule has 0 aliphatic carbocycles. The molecular formula is C24H25N3O3. The second-order valence-corrected chi connectivity index (χ2v) is 8.02. The van der Waals surface area contributed by atoms with Crippen LogP contribution >= 0.6 is 0 Å². The Bertz CT molecular complexity index is 1030. The van der Waals surface area contributed by atoms with Crippen LogP contribution in [0.2, 0.25) is 0 Å². The lowest BCUT2D eigenvalue weighted by Crippen LogP contribution is -2.28. The summed E-state index contributed by atoms with van der Waals surface area (Å²) in [6.07, 6.45) is 3.15. The molecule has 1 aliphatic rings. The fourth-order valence-corrected chi connectivity index (χ4v) is 3.82. The minimum Gasteiger partial charge on any atom is -0.497 e. The van der Waals surface area contributed by atoms with Gasteiger partial charge >= 0.3 is 6.09 Å². The number of pyridine rings is 1. The number of rotatable bonds is 5. The Labute approximate surface area is 176 Å². The van der Waals surface area contributed by atoms with E-state index in [1.807, 2.05) is 30.5 Å². The Morgan fingerprint density at radius 3 is 2.60 bits per heavy atom. The van der Waals surface area contributed by atoms with Crippen molar-refractivity contribution < 1.29 is 14.3 Å². The number of hydrogen-bond donors (Lipinski definition) is 1. The summed E-state index contributed by atoms with van der Waals surface area (Å²) in [6.45, 7) is 6.09. The van der Waals surface area contributed by atoms with E-state index in [0.717, 1.165) is 24.5 Å². The van der Waals surface area contributed by atoms with Crippen molar-refractivity contribution in [1.29, 1.82) is 0 Å². The SMILES string of the molecule is COc1ccc(NC(=O)Oc2ccc3c(c2)C(C)(C)CN3Cc2cccnc2)cc1. The van der Waals surface area contributed by atoms with E-state index < -0.39 is 6.09 Å². The summed E-state index contributed by atoms with van der Waals surface area (Å²) in [5.41, 5.74) is 4.08. The summed E-state index contributed by atoms with van der Waals surface area (Å²) in [6, 6.07) is 17.0. The fourth-order valence-electron chi connectivity index (χ4n) is 3.82. The van der Waals surface area contributed by atoms with Crippen molar-refractivity contribution in [1.82, 2.24) is 4.98 Å². The van der Waals surface area contributed by atoms with Crippen LogP contribution in [0.3, 0.4) is 0 Å². The first-order valence-corrected chi connectivity index (χ1v) is 9.86. The van der Waals surface area contributed by atoms with Crippen LogP contribution in [0.4, 0.5) is 16.2 Å². The summed E-state index contributed by atoms with van der Waals surface area (Å²) in [7, 11) is 1.60. The van der Waals surface area contributed by atoms with Crippen LogP contribution < -0.4 is 19.7 Å². The van der Waals surface area contributed by atoms with Crippen molar-refractivity contribution in [3.8, 4) is 11.5 Å². The van der Waals surface area contributed by atoms with Gasteiger partial charge in [-0.3, -0.25) is 10.3 Å². The van der Waals surface area contributed by atoms with Crippen molar-refractivity contribution in [3.63, 3.8) is 0 Å². The maximum absolute atomic E-state index is 12.3. The number of nitrogens with zero attached hydrogens (tertiary/aromatic N) is 2. The number of benzene rings is 2. The molecule has 0 saturated carbocycles. The lowest BCUT2D eigenvalue weighted by atomic mass is 9.87. The summed E-state index contributed by atoms with van der Waals surface area (Å²) < 4.78 is 10.7. The number of anilines is 2. The predicted molar refractivity (Wildman–Crippen MR) is 117 cm³/mol. The number of aromatic nitrogens is 1. The van der Waals surface area contributed by atoms with Gasteiger partial charge in [-0.05, 0) is 59.7 Å². The maximum atomic E-state index is 12.3. The van der Waals surface area contributed by atoms with Crippen LogP contribution in [-0.4, -0.2) is 24.7 Å². The molecule has 0 fully saturated rings. The predicted octanol–water partition coefficient (Wildman–Crippen LogP) is 5.00. The number of methoxy groups -OCH3 is 1. The Balaban J connectivity index is 1.48. The van der Waals surface area contributed by atoms with Gasteiger partial charge in [0.2, 0.25) is 0 Å². The van der Waals surface area contributed by atoms with Gasteiger partial charge in [0.25, 0.3) is 0 Å². The molecule has 1 aliphatic heterocycles. The molecule has 4 rings (SSSR count). The Hall–Kier alpha value is -3.54. The van der Waals surface area contributed by atoms with E-state index in [-0.39, 0.29) is 5.41 Å². The van der Waals surface area contributed by atoms with E-state index in [9.17, 15) is 4.79 Å². The second kappa shape index (κ2) is 8.06. The first kappa shape index (κ1) is 19.8. The van der Waals surface area contributed by atoms with Crippen molar-refractivity contribution in [3.05, 3.63) is 78.1 Å². The summed E-state index contributed by atoms with van der Waals surface area (Å²) in [5, 5.41) is 2.74. The summed E-state index contributed by atoms with van der Waals surface area (Å²) in [4.78, 5) is 18.9. The molecule has 1 N–H and O–H groups in total. The van der Waals surface area contributed by atoms with Gasteiger partial charge in [0.05, 0.1) is 7.11 Å². The zero-order valence-corrected chi connectivity index (χ0v) is 17.4. The first-order chi connectivity index (χ1) is 14.4. The number of carbonyl (C=O) groups is 1. The van der Waals surface area contributed by atoms with E-state index in [1.165, 1.54) is 11.1 Å². The van der Waals surface area contributed by atoms with E-state index in [4.69, 9.17) is 9.47 Å². The van der Waals surface area contributed by atoms with Crippen LogP contribution in [0.15, 0.2) is 67.0 Å². The van der Waals surface area contributed by atoms with Gasteiger partial charge in [0.1, 0.15) is 11.5 Å². The number of amides is 1. The van der Waals surface area contributed by atoms with Crippen LogP contribution in [0, 0.1) is 0 Å². The quantitative estimate of drug-likeness (QED) is 0.650. The molecule has 1 aromatic heterocycles. The zero-order chi connectivity index (χ0) is 21.1. The molecule has 2 aromatic carbocycles. The molecule has 0 spiro atoms. The Morgan fingerprint density at radius 2 is 1.90 bits per heavy atom. The van der Waals surface area contributed by atoms with Crippen molar-refractivity contribution >= 4 is 17.5 Å². The molecule has 0 saturated heterocycles. The van der Waals surface area contributed by atoms with E-state index in [2.05, 4.69) is 35.1 Å². The molecule has 154 valence electrons. The number of fused-ring (bicyclic) bond motifs is 1. The normalized spacial score (nSPS) is 14.2. The highest BCUT2D eigenvalue weighted by atomic mass is 16.6. The maximum Gasteiger partial charge on any atom is 0.417 e.